The Morgan fingerprint density at radius 1 is 1.11 bits per heavy atom. The van der Waals surface area contributed by atoms with Crippen LogP contribution in [0.4, 0.5) is 0 Å². The highest BCUT2D eigenvalue weighted by Crippen LogP contribution is 2.44. The molecule has 0 unspecified atom stereocenters. The van der Waals surface area contributed by atoms with Crippen LogP contribution in [0.25, 0.3) is 0 Å². The van der Waals surface area contributed by atoms with Gasteiger partial charge in [0.2, 0.25) is 5.91 Å². The zero-order chi connectivity index (χ0) is 18.6. The first kappa shape index (κ1) is 18.2. The van der Waals surface area contributed by atoms with Gasteiger partial charge in [0.05, 0.1) is 12.7 Å². The third-order valence-corrected chi connectivity index (χ3v) is 6.01. The Bertz CT molecular complexity index is 709. The average molecular weight is 365 g/mol. The number of carbonyl (C=O) groups excluding carboxylic acids is 1. The third-order valence-electron chi connectivity index (χ3n) is 6.01. The molecule has 0 aromatic heterocycles. The van der Waals surface area contributed by atoms with E-state index in [2.05, 4.69) is 29.6 Å². The van der Waals surface area contributed by atoms with Crippen molar-refractivity contribution in [2.45, 2.75) is 30.9 Å². The fraction of sp³-hybridized carbons (Fsp3) is 0.435. The quantitative estimate of drug-likeness (QED) is 0.818. The number of fused-ring (bicyclic) bond motifs is 1. The summed E-state index contributed by atoms with van der Waals surface area (Å²) in [5.74, 6) is 0.854. The lowest BCUT2D eigenvalue weighted by Gasteiger charge is -2.47. The summed E-state index contributed by atoms with van der Waals surface area (Å²) in [4.78, 5) is 12.9. The van der Waals surface area contributed by atoms with Crippen molar-refractivity contribution in [3.63, 3.8) is 0 Å². The van der Waals surface area contributed by atoms with E-state index in [0.717, 1.165) is 13.0 Å². The number of methoxy groups -OCH3 is 1. The number of hydrogen-bond acceptors (Lipinski definition) is 3. The molecule has 1 aliphatic carbocycles. The molecular weight excluding hydrogens is 338 g/mol. The van der Waals surface area contributed by atoms with E-state index < -0.39 is 0 Å². The van der Waals surface area contributed by atoms with Crippen molar-refractivity contribution >= 4 is 5.91 Å². The lowest BCUT2D eigenvalue weighted by molar-refractivity contribution is -0.130. The smallest absolute Gasteiger partial charge is 0.221 e. The lowest BCUT2D eigenvalue weighted by Crippen LogP contribution is -2.62. The monoisotopic (exact) mass is 365 g/mol. The second-order valence-electron chi connectivity index (χ2n) is 7.58. The normalized spacial score (nSPS) is 26.4. The van der Waals surface area contributed by atoms with Crippen LogP contribution in [0, 0.1) is 11.8 Å². The van der Waals surface area contributed by atoms with Crippen LogP contribution in [0.3, 0.4) is 0 Å². The molecule has 1 saturated heterocycles. The van der Waals surface area contributed by atoms with Gasteiger partial charge < -0.3 is 14.8 Å². The third kappa shape index (κ3) is 3.78. The Balaban J connectivity index is 1.47. The first-order valence-corrected chi connectivity index (χ1v) is 9.77. The van der Waals surface area contributed by atoms with Crippen LogP contribution < -0.4 is 5.32 Å². The lowest BCUT2D eigenvalue weighted by atomic mass is 9.67. The van der Waals surface area contributed by atoms with Crippen molar-refractivity contribution in [1.82, 2.24) is 5.32 Å². The van der Waals surface area contributed by atoms with E-state index in [-0.39, 0.29) is 29.9 Å². The summed E-state index contributed by atoms with van der Waals surface area (Å²) in [5, 5.41) is 3.29. The zero-order valence-electron chi connectivity index (χ0n) is 15.7. The average Bonchev–Trinajstić information content (AvgIpc) is 3.14. The highest BCUT2D eigenvalue weighted by molar-refractivity contribution is 5.78. The fourth-order valence-electron chi connectivity index (χ4n) is 4.66. The molecule has 2 fully saturated rings. The van der Waals surface area contributed by atoms with Gasteiger partial charge in [0.1, 0.15) is 0 Å². The maximum Gasteiger partial charge on any atom is 0.221 e. The molecule has 1 N–H and O–H groups in total. The SMILES string of the molecule is COC[C@H]1[C@@H](NC(=O)CC(c2ccccc2)c2ccccc2)[C@H]2CCO[C@H]21. The van der Waals surface area contributed by atoms with Gasteiger partial charge in [-0.15, -0.1) is 0 Å². The first-order valence-electron chi connectivity index (χ1n) is 9.77. The highest BCUT2D eigenvalue weighted by atomic mass is 16.5. The van der Waals surface area contributed by atoms with Crippen LogP contribution >= 0.6 is 0 Å². The van der Waals surface area contributed by atoms with Gasteiger partial charge in [-0.25, -0.2) is 0 Å². The molecule has 4 atom stereocenters. The molecule has 4 nitrogen and oxygen atoms in total. The number of amides is 1. The summed E-state index contributed by atoms with van der Waals surface area (Å²) >= 11 is 0. The molecule has 2 aliphatic rings. The van der Waals surface area contributed by atoms with Gasteiger partial charge in [0.15, 0.2) is 0 Å². The maximum atomic E-state index is 12.9. The topological polar surface area (TPSA) is 47.6 Å². The van der Waals surface area contributed by atoms with E-state index in [4.69, 9.17) is 9.47 Å². The van der Waals surface area contributed by atoms with Gasteiger partial charge in [-0.05, 0) is 17.5 Å². The van der Waals surface area contributed by atoms with E-state index >= 15 is 0 Å². The van der Waals surface area contributed by atoms with Gasteiger partial charge in [0, 0.05) is 43.9 Å². The molecule has 1 amide bonds. The Hall–Kier alpha value is -2.17. The van der Waals surface area contributed by atoms with Crippen LogP contribution in [0.1, 0.15) is 29.9 Å². The Labute approximate surface area is 160 Å². The number of ether oxygens (including phenoxy) is 2. The van der Waals surface area contributed by atoms with Crippen molar-refractivity contribution < 1.29 is 14.3 Å². The largest absolute Gasteiger partial charge is 0.384 e. The molecule has 0 spiro atoms. The summed E-state index contributed by atoms with van der Waals surface area (Å²) in [6.07, 6.45) is 1.72. The minimum Gasteiger partial charge on any atom is -0.384 e. The molecule has 27 heavy (non-hydrogen) atoms. The first-order chi connectivity index (χ1) is 13.3. The number of nitrogens with one attached hydrogen (secondary N) is 1. The van der Waals surface area contributed by atoms with Crippen molar-refractivity contribution in [2.24, 2.45) is 11.8 Å². The molecule has 0 bridgehead atoms. The molecule has 142 valence electrons. The molecule has 4 heteroatoms. The summed E-state index contributed by atoms with van der Waals surface area (Å²) in [6, 6.07) is 20.7. The maximum absolute atomic E-state index is 12.9. The Kier molecular flexibility index (Phi) is 5.55. The predicted molar refractivity (Wildman–Crippen MR) is 104 cm³/mol. The Morgan fingerprint density at radius 3 is 2.33 bits per heavy atom. The van der Waals surface area contributed by atoms with Crippen LogP contribution in [-0.4, -0.2) is 38.4 Å². The van der Waals surface area contributed by atoms with Gasteiger partial charge in [-0.2, -0.15) is 0 Å². The standard InChI is InChI=1S/C23H27NO3/c1-26-15-20-22(18-12-13-27-23(18)20)24-21(25)14-19(16-8-4-2-5-9-16)17-10-6-3-7-11-17/h2-11,18-20,22-23H,12-15H2,1H3,(H,24,25)/t18-,20+,22+,23-/m1/s1. The van der Waals surface area contributed by atoms with Crippen molar-refractivity contribution in [3.05, 3.63) is 71.8 Å². The van der Waals surface area contributed by atoms with E-state index in [1.165, 1.54) is 11.1 Å². The van der Waals surface area contributed by atoms with Gasteiger partial charge in [-0.3, -0.25) is 4.79 Å². The zero-order valence-corrected chi connectivity index (χ0v) is 15.7. The molecule has 0 radical (unpaired) electrons. The number of benzene rings is 2. The molecule has 1 aliphatic heterocycles. The minimum absolute atomic E-state index is 0.0592. The fourth-order valence-corrected chi connectivity index (χ4v) is 4.66. The van der Waals surface area contributed by atoms with Gasteiger partial charge in [-0.1, -0.05) is 60.7 Å². The van der Waals surface area contributed by atoms with Crippen molar-refractivity contribution in [2.75, 3.05) is 20.3 Å². The second-order valence-corrected chi connectivity index (χ2v) is 7.58. The summed E-state index contributed by atoms with van der Waals surface area (Å²) in [7, 11) is 1.71. The summed E-state index contributed by atoms with van der Waals surface area (Å²) in [5.41, 5.74) is 2.34. The summed E-state index contributed by atoms with van der Waals surface area (Å²) in [6.45, 7) is 1.42. The highest BCUT2D eigenvalue weighted by Gasteiger charge is 2.54. The Morgan fingerprint density at radius 2 is 1.74 bits per heavy atom. The van der Waals surface area contributed by atoms with Crippen LogP contribution in [-0.2, 0) is 14.3 Å². The molecular formula is C23H27NO3. The van der Waals surface area contributed by atoms with Crippen molar-refractivity contribution in [3.8, 4) is 0 Å². The van der Waals surface area contributed by atoms with Gasteiger partial charge >= 0.3 is 0 Å². The van der Waals surface area contributed by atoms with Crippen LogP contribution in [0.2, 0.25) is 0 Å². The second kappa shape index (κ2) is 8.24. The molecule has 2 aromatic rings. The summed E-state index contributed by atoms with van der Waals surface area (Å²) < 4.78 is 11.2. The number of rotatable bonds is 7. The van der Waals surface area contributed by atoms with E-state index in [9.17, 15) is 4.79 Å². The number of hydrogen-bond donors (Lipinski definition) is 1. The van der Waals surface area contributed by atoms with E-state index in [0.29, 0.717) is 18.9 Å². The molecule has 2 aromatic carbocycles. The number of carbonyl (C=O) groups is 1. The van der Waals surface area contributed by atoms with E-state index in [1.807, 2.05) is 36.4 Å². The van der Waals surface area contributed by atoms with Crippen LogP contribution in [0.5, 0.6) is 0 Å². The van der Waals surface area contributed by atoms with Gasteiger partial charge in [0.25, 0.3) is 0 Å². The van der Waals surface area contributed by atoms with Crippen LogP contribution in [0.15, 0.2) is 60.7 Å². The molecule has 1 saturated carbocycles. The molecule has 4 rings (SSSR count). The van der Waals surface area contributed by atoms with E-state index in [1.54, 1.807) is 7.11 Å². The van der Waals surface area contributed by atoms with Crippen molar-refractivity contribution in [1.29, 1.82) is 0 Å². The minimum atomic E-state index is 0.0592. The predicted octanol–water partition coefficient (Wildman–Crippen LogP) is 3.37. The molecule has 1 heterocycles.